The highest BCUT2D eigenvalue weighted by Crippen LogP contribution is 2.38. The summed E-state index contributed by atoms with van der Waals surface area (Å²) in [5.41, 5.74) is 7.03. The van der Waals surface area contributed by atoms with E-state index >= 15 is 0 Å². The Bertz CT molecular complexity index is 1120. The van der Waals surface area contributed by atoms with E-state index in [1.165, 1.54) is 22.4 Å². The zero-order valence-corrected chi connectivity index (χ0v) is 18.8. The summed E-state index contributed by atoms with van der Waals surface area (Å²) < 4.78 is 5.50. The molecule has 2 aromatic heterocycles. The summed E-state index contributed by atoms with van der Waals surface area (Å²) >= 11 is 0. The van der Waals surface area contributed by atoms with Crippen molar-refractivity contribution >= 4 is 17.1 Å². The number of pyridine rings is 2. The van der Waals surface area contributed by atoms with Crippen LogP contribution in [-0.2, 0) is 4.74 Å². The third kappa shape index (κ3) is 4.59. The van der Waals surface area contributed by atoms with Gasteiger partial charge in [0, 0.05) is 31.2 Å². The largest absolute Gasteiger partial charge is 0.378 e. The van der Waals surface area contributed by atoms with Gasteiger partial charge in [-0.2, -0.15) is 0 Å². The summed E-state index contributed by atoms with van der Waals surface area (Å²) in [5, 5.41) is 0. The summed E-state index contributed by atoms with van der Waals surface area (Å²) in [7, 11) is 0. The molecule has 5 heteroatoms. The number of hydrogen-bond acceptors (Lipinski definition) is 5. The fourth-order valence-corrected chi connectivity index (χ4v) is 4.53. The highest BCUT2D eigenvalue weighted by atomic mass is 16.5. The lowest BCUT2D eigenvalue weighted by molar-refractivity contribution is 0.122. The van der Waals surface area contributed by atoms with Crippen molar-refractivity contribution in [3.8, 4) is 11.1 Å². The molecular formula is C28H28N4O. The topological polar surface area (TPSA) is 41.5 Å². The maximum Gasteiger partial charge on any atom is 0.0642 e. The van der Waals surface area contributed by atoms with Crippen molar-refractivity contribution in [2.45, 2.75) is 13.0 Å². The third-order valence-electron chi connectivity index (χ3n) is 6.20. The van der Waals surface area contributed by atoms with Crippen LogP contribution in [0.5, 0.6) is 0 Å². The average molecular weight is 437 g/mol. The Balaban J connectivity index is 1.51. The smallest absolute Gasteiger partial charge is 0.0642 e. The molecule has 1 fully saturated rings. The van der Waals surface area contributed by atoms with Crippen LogP contribution >= 0.6 is 0 Å². The molecule has 0 saturated carbocycles. The minimum Gasteiger partial charge on any atom is -0.378 e. The third-order valence-corrected chi connectivity index (χ3v) is 6.20. The SMILES string of the molecule is CC(c1ccccc1-c1ccc(N2CCOCC2)cc1)N(c1cccnc1)c1cccnc1. The minimum absolute atomic E-state index is 0.0773. The first-order valence-electron chi connectivity index (χ1n) is 11.4. The van der Waals surface area contributed by atoms with Gasteiger partial charge in [0.1, 0.15) is 0 Å². The maximum atomic E-state index is 5.50. The Morgan fingerprint density at radius 2 is 1.42 bits per heavy atom. The molecule has 1 aliphatic heterocycles. The second kappa shape index (κ2) is 9.84. The summed E-state index contributed by atoms with van der Waals surface area (Å²) in [5.74, 6) is 0. The van der Waals surface area contributed by atoms with Gasteiger partial charge in [-0.05, 0) is 60.0 Å². The van der Waals surface area contributed by atoms with Crippen molar-refractivity contribution in [1.29, 1.82) is 0 Å². The summed E-state index contributed by atoms with van der Waals surface area (Å²) in [6.45, 7) is 5.71. The van der Waals surface area contributed by atoms with Gasteiger partial charge in [-0.25, -0.2) is 0 Å². The zero-order chi connectivity index (χ0) is 22.5. The van der Waals surface area contributed by atoms with Crippen LogP contribution in [0.15, 0.2) is 97.6 Å². The van der Waals surface area contributed by atoms with Crippen LogP contribution in [0, 0.1) is 0 Å². The number of aromatic nitrogens is 2. The van der Waals surface area contributed by atoms with Crippen LogP contribution in [0.25, 0.3) is 11.1 Å². The van der Waals surface area contributed by atoms with Crippen LogP contribution < -0.4 is 9.80 Å². The first kappa shape index (κ1) is 21.2. The van der Waals surface area contributed by atoms with Crippen LogP contribution in [0.3, 0.4) is 0 Å². The van der Waals surface area contributed by atoms with Crippen LogP contribution in [0.2, 0.25) is 0 Å². The quantitative estimate of drug-likeness (QED) is 0.378. The molecule has 4 aromatic rings. The van der Waals surface area contributed by atoms with Crippen molar-refractivity contribution in [3.63, 3.8) is 0 Å². The number of rotatable bonds is 6. The lowest BCUT2D eigenvalue weighted by Gasteiger charge is -2.32. The van der Waals surface area contributed by atoms with Gasteiger partial charge >= 0.3 is 0 Å². The average Bonchev–Trinajstić information content (AvgIpc) is 2.91. The highest BCUT2D eigenvalue weighted by molar-refractivity contribution is 5.73. The molecule has 1 atom stereocenters. The van der Waals surface area contributed by atoms with Gasteiger partial charge in [0.15, 0.2) is 0 Å². The van der Waals surface area contributed by atoms with Crippen LogP contribution in [0.4, 0.5) is 17.1 Å². The van der Waals surface area contributed by atoms with Gasteiger partial charge in [0.25, 0.3) is 0 Å². The van der Waals surface area contributed by atoms with E-state index in [9.17, 15) is 0 Å². The lowest BCUT2D eigenvalue weighted by atomic mass is 9.94. The lowest BCUT2D eigenvalue weighted by Crippen LogP contribution is -2.36. The summed E-state index contributed by atoms with van der Waals surface area (Å²) in [6.07, 6.45) is 7.42. The molecule has 0 radical (unpaired) electrons. The van der Waals surface area contributed by atoms with Gasteiger partial charge in [0.05, 0.1) is 43.0 Å². The fourth-order valence-electron chi connectivity index (χ4n) is 4.53. The molecule has 5 rings (SSSR count). The van der Waals surface area contributed by atoms with Crippen LogP contribution in [-0.4, -0.2) is 36.3 Å². The molecule has 0 bridgehead atoms. The number of nitrogens with zero attached hydrogens (tertiary/aromatic N) is 4. The first-order chi connectivity index (χ1) is 16.3. The Hall–Kier alpha value is -3.70. The fraction of sp³-hybridized carbons (Fsp3) is 0.214. The number of ether oxygens (including phenoxy) is 1. The second-order valence-electron chi connectivity index (χ2n) is 8.20. The van der Waals surface area contributed by atoms with Crippen LogP contribution in [0.1, 0.15) is 18.5 Å². The molecule has 166 valence electrons. The van der Waals surface area contributed by atoms with E-state index in [4.69, 9.17) is 4.74 Å². The van der Waals surface area contributed by atoms with Gasteiger partial charge in [-0.15, -0.1) is 0 Å². The molecule has 33 heavy (non-hydrogen) atoms. The van der Waals surface area contributed by atoms with E-state index in [0.717, 1.165) is 37.7 Å². The number of morpholine rings is 1. The number of hydrogen-bond donors (Lipinski definition) is 0. The molecule has 3 heterocycles. The highest BCUT2D eigenvalue weighted by Gasteiger charge is 2.22. The van der Waals surface area contributed by atoms with Gasteiger partial charge in [0.2, 0.25) is 0 Å². The molecule has 2 aromatic carbocycles. The zero-order valence-electron chi connectivity index (χ0n) is 18.8. The van der Waals surface area contributed by atoms with E-state index in [1.54, 1.807) is 12.4 Å². The van der Waals surface area contributed by atoms with E-state index in [1.807, 2.05) is 24.5 Å². The predicted octanol–water partition coefficient (Wildman–Crippen LogP) is 5.88. The summed E-state index contributed by atoms with van der Waals surface area (Å²) in [6, 6.07) is 25.8. The van der Waals surface area contributed by atoms with E-state index in [0.29, 0.717) is 0 Å². The molecular weight excluding hydrogens is 408 g/mol. The predicted molar refractivity (Wildman–Crippen MR) is 134 cm³/mol. The van der Waals surface area contributed by atoms with E-state index in [2.05, 4.69) is 87.4 Å². The Kier molecular flexibility index (Phi) is 6.31. The standard InChI is InChI=1S/C28H28N4O/c1-22(32(25-6-4-14-29-20-25)26-7-5-15-30-21-26)27-8-2-3-9-28(27)23-10-12-24(13-11-23)31-16-18-33-19-17-31/h2-15,20-22H,16-19H2,1H3. The molecule has 0 spiro atoms. The Labute approximate surface area is 195 Å². The van der Waals surface area contributed by atoms with Gasteiger partial charge in [-0.1, -0.05) is 36.4 Å². The maximum absolute atomic E-state index is 5.50. The molecule has 1 unspecified atom stereocenters. The normalized spacial score (nSPS) is 14.6. The summed E-state index contributed by atoms with van der Waals surface area (Å²) in [4.78, 5) is 13.4. The Morgan fingerprint density at radius 3 is 2.03 bits per heavy atom. The van der Waals surface area contributed by atoms with Gasteiger partial charge in [-0.3, -0.25) is 9.97 Å². The Morgan fingerprint density at radius 1 is 0.788 bits per heavy atom. The van der Waals surface area contributed by atoms with Crippen molar-refractivity contribution in [3.05, 3.63) is 103 Å². The molecule has 0 aliphatic carbocycles. The molecule has 5 nitrogen and oxygen atoms in total. The molecule has 1 aliphatic rings. The van der Waals surface area contributed by atoms with Crippen molar-refractivity contribution in [2.75, 3.05) is 36.1 Å². The molecule has 0 N–H and O–H groups in total. The van der Waals surface area contributed by atoms with Crippen molar-refractivity contribution < 1.29 is 4.74 Å². The number of anilines is 3. The van der Waals surface area contributed by atoms with Crippen molar-refractivity contribution in [2.24, 2.45) is 0 Å². The minimum atomic E-state index is 0.0773. The monoisotopic (exact) mass is 436 g/mol. The van der Waals surface area contributed by atoms with E-state index in [-0.39, 0.29) is 6.04 Å². The van der Waals surface area contributed by atoms with Crippen molar-refractivity contribution in [1.82, 2.24) is 9.97 Å². The van der Waals surface area contributed by atoms with E-state index < -0.39 is 0 Å². The number of benzene rings is 2. The molecule has 0 amide bonds. The first-order valence-corrected chi connectivity index (χ1v) is 11.4. The second-order valence-corrected chi connectivity index (χ2v) is 8.20. The molecule has 1 saturated heterocycles. The van der Waals surface area contributed by atoms with Gasteiger partial charge < -0.3 is 14.5 Å².